The summed E-state index contributed by atoms with van der Waals surface area (Å²) in [5, 5.41) is 18.5. The second-order valence-electron chi connectivity index (χ2n) is 9.06. The number of H-pyrrole nitrogens is 1. The number of hydrogen-bond donors (Lipinski definition) is 3. The number of anilines is 1. The number of aromatic amines is 1. The number of fused-ring (bicyclic) bond motifs is 2. The lowest BCUT2D eigenvalue weighted by Crippen LogP contribution is -2.29. The lowest BCUT2D eigenvalue weighted by Gasteiger charge is -2.20. The third-order valence-electron chi connectivity index (χ3n) is 6.55. The third-order valence-corrected chi connectivity index (χ3v) is 8.37. The van der Waals surface area contributed by atoms with E-state index in [1.807, 2.05) is 43.3 Å². The van der Waals surface area contributed by atoms with Crippen molar-refractivity contribution >= 4 is 32.2 Å². The van der Waals surface area contributed by atoms with Crippen molar-refractivity contribution in [3.05, 3.63) is 101 Å². The van der Waals surface area contributed by atoms with Gasteiger partial charge in [0.05, 0.1) is 17.1 Å². The molecular weight excluding hydrogens is 518 g/mol. The minimum atomic E-state index is -4.14. The average molecular weight is 542 g/mol. The van der Waals surface area contributed by atoms with Gasteiger partial charge < -0.3 is 15.4 Å². The van der Waals surface area contributed by atoms with E-state index in [2.05, 4.69) is 20.3 Å². The van der Waals surface area contributed by atoms with E-state index in [0.29, 0.717) is 22.7 Å². The summed E-state index contributed by atoms with van der Waals surface area (Å²) in [6, 6.07) is 16.1. The van der Waals surface area contributed by atoms with Crippen LogP contribution in [-0.2, 0) is 9.84 Å². The highest BCUT2D eigenvalue weighted by Crippen LogP contribution is 2.35. The van der Waals surface area contributed by atoms with Gasteiger partial charge in [0.25, 0.3) is 5.56 Å². The van der Waals surface area contributed by atoms with Crippen LogP contribution in [0, 0.1) is 6.92 Å². The molecule has 0 aliphatic heterocycles. The molecule has 1 atom stereocenters. The van der Waals surface area contributed by atoms with Crippen molar-refractivity contribution in [3.63, 3.8) is 0 Å². The van der Waals surface area contributed by atoms with E-state index in [1.165, 1.54) is 35.3 Å². The number of benzene rings is 2. The van der Waals surface area contributed by atoms with Gasteiger partial charge in [-0.2, -0.15) is 5.10 Å². The zero-order valence-electron chi connectivity index (χ0n) is 20.9. The second-order valence-corrected chi connectivity index (χ2v) is 10.9. The normalized spacial score (nSPS) is 12.7. The molecule has 4 aromatic heterocycles. The average Bonchev–Trinajstić information content (AvgIpc) is 3.54. The van der Waals surface area contributed by atoms with Crippen molar-refractivity contribution in [2.24, 2.45) is 0 Å². The van der Waals surface area contributed by atoms with Gasteiger partial charge in [-0.1, -0.05) is 30.3 Å². The molecule has 0 fully saturated rings. The van der Waals surface area contributed by atoms with E-state index in [4.69, 9.17) is 5.10 Å². The molecule has 196 valence electrons. The molecule has 0 saturated carbocycles. The molecule has 0 saturated heterocycles. The van der Waals surface area contributed by atoms with Crippen LogP contribution in [0.1, 0.15) is 24.4 Å². The fraction of sp³-hybridized carbons (Fsp3) is 0.111. The number of nitrogens with one attached hydrogen (secondary N) is 2. The van der Waals surface area contributed by atoms with Crippen LogP contribution in [0.25, 0.3) is 22.2 Å². The Morgan fingerprint density at radius 2 is 1.74 bits per heavy atom. The number of phenols is 1. The van der Waals surface area contributed by atoms with Crippen molar-refractivity contribution < 1.29 is 13.5 Å². The van der Waals surface area contributed by atoms with Crippen molar-refractivity contribution in [2.75, 3.05) is 5.32 Å². The molecule has 39 heavy (non-hydrogen) atoms. The summed E-state index contributed by atoms with van der Waals surface area (Å²) in [4.78, 5) is 24.7. The minimum absolute atomic E-state index is 0.0980. The quantitative estimate of drug-likeness (QED) is 0.289. The summed E-state index contributed by atoms with van der Waals surface area (Å²) in [7, 11) is -4.14. The Morgan fingerprint density at radius 3 is 2.51 bits per heavy atom. The molecule has 0 amide bonds. The lowest BCUT2D eigenvalue weighted by atomic mass is 10.2. The molecular formula is C27H23N7O4S. The van der Waals surface area contributed by atoms with E-state index in [0.717, 1.165) is 5.56 Å². The first kappa shape index (κ1) is 24.4. The summed E-state index contributed by atoms with van der Waals surface area (Å²) in [5.41, 5.74) is 1.95. The van der Waals surface area contributed by atoms with Crippen LogP contribution in [-0.4, -0.2) is 42.7 Å². The molecule has 0 spiro atoms. The van der Waals surface area contributed by atoms with Gasteiger partial charge in [-0.25, -0.2) is 22.9 Å². The standard InChI is InChI=1S/C27H23N7O4S/c1-16-12-13-33-23(16)27(36)34(18-8-4-3-5-9-18)26(32-33)17(2)31-25-22-21(14-28-24(22)29-15-30-25)39(37,38)20-11-7-6-10-19(20)35/h3-15,17,35H,1-2H3,(H2,28,29,30,31)/t17-/m0/s1. The van der Waals surface area contributed by atoms with Crippen LogP contribution in [0.3, 0.4) is 0 Å². The van der Waals surface area contributed by atoms with Gasteiger partial charge in [0.1, 0.15) is 38.8 Å². The highest BCUT2D eigenvalue weighted by Gasteiger charge is 2.28. The maximum Gasteiger partial charge on any atom is 0.282 e. The topological polar surface area (TPSA) is 147 Å². The van der Waals surface area contributed by atoms with Gasteiger partial charge in [-0.3, -0.25) is 9.36 Å². The first-order chi connectivity index (χ1) is 18.8. The number of sulfone groups is 1. The van der Waals surface area contributed by atoms with E-state index in [9.17, 15) is 18.3 Å². The predicted octanol–water partition coefficient (Wildman–Crippen LogP) is 3.78. The summed E-state index contributed by atoms with van der Waals surface area (Å²) in [6.45, 7) is 3.66. The monoisotopic (exact) mass is 541 g/mol. The number of aromatic nitrogens is 6. The molecule has 0 unspecified atom stereocenters. The Morgan fingerprint density at radius 1 is 1.00 bits per heavy atom. The number of phenolic OH excluding ortho intramolecular Hbond substituents is 1. The number of aromatic hydroxyl groups is 1. The Labute approximate surface area is 222 Å². The summed E-state index contributed by atoms with van der Waals surface area (Å²) in [5.74, 6) is 0.250. The van der Waals surface area contributed by atoms with E-state index < -0.39 is 15.9 Å². The Kier molecular flexibility index (Phi) is 5.69. The van der Waals surface area contributed by atoms with E-state index in [1.54, 1.807) is 23.7 Å². The van der Waals surface area contributed by atoms with Gasteiger partial charge in [0.15, 0.2) is 5.82 Å². The molecule has 6 rings (SSSR count). The second kappa shape index (κ2) is 9.10. The molecule has 11 nitrogen and oxygen atoms in total. The number of rotatable bonds is 6. The molecule has 3 N–H and O–H groups in total. The smallest absolute Gasteiger partial charge is 0.282 e. The first-order valence-corrected chi connectivity index (χ1v) is 13.5. The molecule has 6 aromatic rings. The molecule has 0 aliphatic carbocycles. The largest absolute Gasteiger partial charge is 0.507 e. The van der Waals surface area contributed by atoms with Crippen LogP contribution in [0.5, 0.6) is 5.75 Å². The van der Waals surface area contributed by atoms with E-state index in [-0.39, 0.29) is 32.3 Å². The van der Waals surface area contributed by atoms with Gasteiger partial charge in [-0.15, -0.1) is 0 Å². The molecule has 12 heteroatoms. The lowest BCUT2D eigenvalue weighted by molar-refractivity contribution is 0.459. The Balaban J connectivity index is 1.51. The molecule has 0 bridgehead atoms. The zero-order valence-corrected chi connectivity index (χ0v) is 21.7. The summed E-state index contributed by atoms with van der Waals surface area (Å²) < 4.78 is 30.2. The highest BCUT2D eigenvalue weighted by atomic mass is 32.2. The Bertz CT molecular complexity index is 2030. The van der Waals surface area contributed by atoms with Crippen molar-refractivity contribution in [1.82, 2.24) is 29.1 Å². The summed E-state index contributed by atoms with van der Waals surface area (Å²) in [6.07, 6.45) is 4.36. The number of aryl methyl sites for hydroxylation is 1. The van der Waals surface area contributed by atoms with Crippen molar-refractivity contribution in [1.29, 1.82) is 0 Å². The van der Waals surface area contributed by atoms with Crippen LogP contribution < -0.4 is 10.9 Å². The van der Waals surface area contributed by atoms with Crippen LogP contribution in [0.4, 0.5) is 5.82 Å². The van der Waals surface area contributed by atoms with Crippen LogP contribution in [0.2, 0.25) is 0 Å². The fourth-order valence-electron chi connectivity index (χ4n) is 4.67. The number of nitrogens with zero attached hydrogens (tertiary/aromatic N) is 5. The zero-order chi connectivity index (χ0) is 27.3. The maximum atomic E-state index is 13.7. The van der Waals surface area contributed by atoms with Crippen LogP contribution in [0.15, 0.2) is 94.0 Å². The van der Waals surface area contributed by atoms with Gasteiger partial charge in [-0.05, 0) is 49.7 Å². The minimum Gasteiger partial charge on any atom is -0.507 e. The van der Waals surface area contributed by atoms with E-state index >= 15 is 0 Å². The first-order valence-electron chi connectivity index (χ1n) is 12.1. The summed E-state index contributed by atoms with van der Waals surface area (Å²) >= 11 is 0. The van der Waals surface area contributed by atoms with Gasteiger partial charge >= 0.3 is 0 Å². The molecule has 2 aromatic carbocycles. The van der Waals surface area contributed by atoms with Crippen molar-refractivity contribution in [3.8, 4) is 11.4 Å². The van der Waals surface area contributed by atoms with Crippen LogP contribution >= 0.6 is 0 Å². The van der Waals surface area contributed by atoms with Gasteiger partial charge in [0, 0.05) is 12.4 Å². The van der Waals surface area contributed by atoms with Gasteiger partial charge in [0.2, 0.25) is 9.84 Å². The predicted molar refractivity (Wildman–Crippen MR) is 145 cm³/mol. The SMILES string of the molecule is Cc1ccn2nc([C@H](C)Nc3ncnc4[nH]cc(S(=O)(=O)c5ccccc5O)c34)n(-c3ccccc3)c(=O)c12. The molecule has 0 radical (unpaired) electrons. The van der Waals surface area contributed by atoms with Crippen molar-refractivity contribution in [2.45, 2.75) is 29.7 Å². The highest BCUT2D eigenvalue weighted by molar-refractivity contribution is 7.91. The Hall–Kier alpha value is -4.97. The number of hydrogen-bond acceptors (Lipinski definition) is 8. The maximum absolute atomic E-state index is 13.7. The molecule has 4 heterocycles. The molecule has 0 aliphatic rings. The number of para-hydroxylation sites is 2. The fourth-order valence-corrected chi connectivity index (χ4v) is 6.18. The third kappa shape index (κ3) is 3.92.